The first kappa shape index (κ1) is 17.2. The largest absolute Gasteiger partial charge is 0.288 e. The third-order valence-electron chi connectivity index (χ3n) is 2.89. The van der Waals surface area contributed by atoms with E-state index in [2.05, 4.69) is 0 Å². The molecule has 0 aliphatic heterocycles. The third-order valence-corrected chi connectivity index (χ3v) is 5.48. The Morgan fingerprint density at radius 3 is 1.71 bits per heavy atom. The highest BCUT2D eigenvalue weighted by atomic mass is 35.5. The SMILES string of the molecule is Cc1cccc(Cl)c1C(=O)c1c(Cl)c(Cl)c(Cl)c(Cl)c1Cl. The van der Waals surface area contributed by atoms with Gasteiger partial charge in [-0.05, 0) is 18.6 Å². The molecule has 0 unspecified atom stereocenters. The first-order chi connectivity index (χ1) is 9.77. The molecule has 1 nitrogen and oxygen atoms in total. The van der Waals surface area contributed by atoms with Gasteiger partial charge in [0.15, 0.2) is 5.78 Å². The number of benzene rings is 2. The van der Waals surface area contributed by atoms with Gasteiger partial charge in [-0.2, -0.15) is 0 Å². The summed E-state index contributed by atoms with van der Waals surface area (Å²) in [5, 5.41) is 0.123. The molecular formula is C14H6Cl6O. The molecule has 0 bridgehead atoms. The fourth-order valence-electron chi connectivity index (χ4n) is 1.85. The Labute approximate surface area is 151 Å². The minimum Gasteiger partial charge on any atom is -0.288 e. The maximum Gasteiger partial charge on any atom is 0.197 e. The van der Waals surface area contributed by atoms with E-state index in [9.17, 15) is 4.79 Å². The summed E-state index contributed by atoms with van der Waals surface area (Å²) < 4.78 is 0. The minimum absolute atomic E-state index is 0.000707. The molecule has 21 heavy (non-hydrogen) atoms. The summed E-state index contributed by atoms with van der Waals surface area (Å²) in [7, 11) is 0. The van der Waals surface area contributed by atoms with Crippen LogP contribution >= 0.6 is 69.6 Å². The van der Waals surface area contributed by atoms with E-state index in [1.54, 1.807) is 25.1 Å². The minimum atomic E-state index is -0.464. The van der Waals surface area contributed by atoms with Gasteiger partial charge in [0.25, 0.3) is 0 Å². The van der Waals surface area contributed by atoms with E-state index >= 15 is 0 Å². The van der Waals surface area contributed by atoms with E-state index in [0.717, 1.165) is 0 Å². The number of carbonyl (C=O) groups excluding carboxylic acids is 1. The van der Waals surface area contributed by atoms with Crippen LogP contribution < -0.4 is 0 Å². The van der Waals surface area contributed by atoms with E-state index in [1.165, 1.54) is 0 Å². The number of hydrogen-bond acceptors (Lipinski definition) is 1. The Hall–Kier alpha value is -0.150. The summed E-state index contributed by atoms with van der Waals surface area (Å²) in [5.41, 5.74) is 0.952. The standard InChI is InChI=1S/C14H6Cl6O/c1-5-3-2-4-6(15)7(5)14(21)8-9(16)11(18)13(20)12(19)10(8)17/h2-4H,1H3. The molecule has 0 N–H and O–H groups in total. The monoisotopic (exact) mass is 400 g/mol. The molecule has 2 aromatic carbocycles. The molecule has 0 atom stereocenters. The van der Waals surface area contributed by atoms with Crippen LogP contribution in [0, 0.1) is 6.92 Å². The van der Waals surface area contributed by atoms with Crippen LogP contribution in [0.15, 0.2) is 18.2 Å². The van der Waals surface area contributed by atoms with Gasteiger partial charge in [-0.25, -0.2) is 0 Å². The molecule has 0 aliphatic carbocycles. The Bertz CT molecular complexity index is 704. The van der Waals surface area contributed by atoms with Crippen molar-refractivity contribution >= 4 is 75.4 Å². The zero-order chi connectivity index (χ0) is 15.9. The predicted molar refractivity (Wildman–Crippen MR) is 91.1 cm³/mol. The van der Waals surface area contributed by atoms with Crippen molar-refractivity contribution in [1.29, 1.82) is 0 Å². The third kappa shape index (κ3) is 3.01. The van der Waals surface area contributed by atoms with E-state index < -0.39 is 5.78 Å². The summed E-state index contributed by atoms with van der Waals surface area (Å²) in [6, 6.07) is 5.09. The van der Waals surface area contributed by atoms with Crippen molar-refractivity contribution in [2.45, 2.75) is 6.92 Å². The molecule has 2 aromatic rings. The fraction of sp³-hybridized carbons (Fsp3) is 0.0714. The van der Waals surface area contributed by atoms with Crippen LogP contribution in [0.5, 0.6) is 0 Å². The Kier molecular flexibility index (Phi) is 5.36. The molecule has 0 aliphatic rings. The Balaban J connectivity index is 2.77. The zero-order valence-electron chi connectivity index (χ0n) is 10.4. The first-order valence-electron chi connectivity index (χ1n) is 5.58. The second-order valence-electron chi connectivity index (χ2n) is 4.21. The lowest BCUT2D eigenvalue weighted by molar-refractivity contribution is 0.103. The first-order valence-corrected chi connectivity index (χ1v) is 7.85. The Morgan fingerprint density at radius 2 is 1.24 bits per heavy atom. The van der Waals surface area contributed by atoms with Gasteiger partial charge in [0, 0.05) is 5.56 Å². The molecule has 0 radical (unpaired) electrons. The smallest absolute Gasteiger partial charge is 0.197 e. The van der Waals surface area contributed by atoms with Crippen LogP contribution in [0.1, 0.15) is 21.5 Å². The topological polar surface area (TPSA) is 17.1 Å². The maximum absolute atomic E-state index is 12.7. The number of rotatable bonds is 2. The summed E-state index contributed by atoms with van der Waals surface area (Å²) in [4.78, 5) is 12.7. The molecule has 0 saturated heterocycles. The summed E-state index contributed by atoms with van der Waals surface area (Å²) in [6.07, 6.45) is 0. The summed E-state index contributed by atoms with van der Waals surface area (Å²) in [6.45, 7) is 1.75. The van der Waals surface area contributed by atoms with Gasteiger partial charge in [-0.15, -0.1) is 0 Å². The van der Waals surface area contributed by atoms with Crippen LogP contribution in [0.4, 0.5) is 0 Å². The number of halogens is 6. The van der Waals surface area contributed by atoms with Gasteiger partial charge >= 0.3 is 0 Å². The molecule has 7 heteroatoms. The molecule has 0 fully saturated rings. The molecule has 110 valence electrons. The maximum atomic E-state index is 12.7. The number of aryl methyl sites for hydroxylation is 1. The quantitative estimate of drug-likeness (QED) is 0.296. The normalized spacial score (nSPS) is 10.8. The zero-order valence-corrected chi connectivity index (χ0v) is 14.9. The molecular weight excluding hydrogens is 397 g/mol. The second kappa shape index (κ2) is 6.54. The van der Waals surface area contributed by atoms with Gasteiger partial charge < -0.3 is 0 Å². The molecule has 0 saturated carbocycles. The van der Waals surface area contributed by atoms with Gasteiger partial charge in [-0.3, -0.25) is 4.79 Å². The second-order valence-corrected chi connectivity index (χ2v) is 6.50. The highest BCUT2D eigenvalue weighted by molar-refractivity contribution is 6.57. The van der Waals surface area contributed by atoms with E-state index in [4.69, 9.17) is 69.6 Å². The highest BCUT2D eigenvalue weighted by Gasteiger charge is 2.26. The van der Waals surface area contributed by atoms with Crippen molar-refractivity contribution in [3.8, 4) is 0 Å². The van der Waals surface area contributed by atoms with Crippen molar-refractivity contribution in [2.75, 3.05) is 0 Å². The van der Waals surface area contributed by atoms with E-state index in [0.29, 0.717) is 5.56 Å². The van der Waals surface area contributed by atoms with E-state index in [-0.39, 0.29) is 41.3 Å². The fourth-order valence-corrected chi connectivity index (χ4v) is 3.47. The predicted octanol–water partition coefficient (Wildman–Crippen LogP) is 7.15. The summed E-state index contributed by atoms with van der Waals surface area (Å²) in [5.74, 6) is -0.464. The molecule has 0 heterocycles. The number of carbonyl (C=O) groups is 1. The van der Waals surface area contributed by atoms with Gasteiger partial charge in [0.1, 0.15) is 0 Å². The summed E-state index contributed by atoms with van der Waals surface area (Å²) >= 11 is 36.2. The van der Waals surface area contributed by atoms with Crippen LogP contribution in [0.25, 0.3) is 0 Å². The van der Waals surface area contributed by atoms with Gasteiger partial charge in [0.2, 0.25) is 0 Å². The molecule has 0 amide bonds. The van der Waals surface area contributed by atoms with Crippen molar-refractivity contribution in [1.82, 2.24) is 0 Å². The highest BCUT2D eigenvalue weighted by Crippen LogP contribution is 2.45. The average molecular weight is 403 g/mol. The van der Waals surface area contributed by atoms with Crippen LogP contribution in [0.2, 0.25) is 30.1 Å². The van der Waals surface area contributed by atoms with Gasteiger partial charge in [-0.1, -0.05) is 81.7 Å². The lowest BCUT2D eigenvalue weighted by atomic mass is 9.99. The van der Waals surface area contributed by atoms with Crippen molar-refractivity contribution in [2.24, 2.45) is 0 Å². The van der Waals surface area contributed by atoms with Crippen molar-refractivity contribution in [3.05, 3.63) is 65.0 Å². The molecule has 0 aromatic heterocycles. The molecule has 2 rings (SSSR count). The lowest BCUT2D eigenvalue weighted by Gasteiger charge is -2.13. The number of hydrogen-bond donors (Lipinski definition) is 0. The van der Waals surface area contributed by atoms with Crippen LogP contribution in [-0.4, -0.2) is 5.78 Å². The van der Waals surface area contributed by atoms with Crippen molar-refractivity contribution < 1.29 is 4.79 Å². The van der Waals surface area contributed by atoms with Crippen LogP contribution in [0.3, 0.4) is 0 Å². The lowest BCUT2D eigenvalue weighted by Crippen LogP contribution is -2.07. The number of ketones is 1. The van der Waals surface area contributed by atoms with Crippen molar-refractivity contribution in [3.63, 3.8) is 0 Å². The molecule has 0 spiro atoms. The average Bonchev–Trinajstić information content (AvgIpc) is 2.43. The van der Waals surface area contributed by atoms with Crippen LogP contribution in [-0.2, 0) is 0 Å². The van der Waals surface area contributed by atoms with Gasteiger partial charge in [0.05, 0.1) is 35.7 Å². The Morgan fingerprint density at radius 1 is 0.762 bits per heavy atom. The van der Waals surface area contributed by atoms with E-state index in [1.807, 2.05) is 0 Å².